The van der Waals surface area contributed by atoms with Crippen molar-refractivity contribution in [2.24, 2.45) is 0 Å². The molecule has 2 aromatic carbocycles. The molecule has 1 aliphatic rings. The van der Waals surface area contributed by atoms with E-state index < -0.39 is 5.41 Å². The quantitative estimate of drug-likeness (QED) is 0.790. The number of carbonyl (C=O) groups is 1. The first-order chi connectivity index (χ1) is 12.6. The van der Waals surface area contributed by atoms with Crippen LogP contribution in [0.2, 0.25) is 0 Å². The minimum atomic E-state index is -0.605. The van der Waals surface area contributed by atoms with E-state index in [0.29, 0.717) is 43.2 Å². The van der Waals surface area contributed by atoms with Gasteiger partial charge in [-0.15, -0.1) is 0 Å². The van der Waals surface area contributed by atoms with Gasteiger partial charge in [-0.2, -0.15) is 0 Å². The monoisotopic (exact) mass is 419 g/mol. The minimum absolute atomic E-state index is 0.0321. The second-order valence-electron chi connectivity index (χ2n) is 6.23. The topological polar surface area (TPSA) is 56.8 Å². The van der Waals surface area contributed by atoms with Crippen molar-refractivity contribution in [3.05, 3.63) is 52.5 Å². The molecule has 2 aromatic rings. The smallest absolute Gasteiger partial charge is 0.235 e. The Balaban J connectivity index is 1.90. The summed E-state index contributed by atoms with van der Waals surface area (Å²) in [7, 11) is 3.16. The van der Waals surface area contributed by atoms with Crippen LogP contribution in [-0.2, 0) is 14.9 Å². The molecule has 1 amide bonds. The van der Waals surface area contributed by atoms with Gasteiger partial charge in [-0.05, 0) is 42.7 Å². The molecule has 1 saturated heterocycles. The molecule has 0 atom stereocenters. The van der Waals surface area contributed by atoms with E-state index >= 15 is 0 Å². The summed E-state index contributed by atoms with van der Waals surface area (Å²) in [6.07, 6.45) is 1.29. The van der Waals surface area contributed by atoms with Crippen LogP contribution in [0.15, 0.2) is 46.9 Å². The van der Waals surface area contributed by atoms with Crippen LogP contribution in [0.4, 0.5) is 5.69 Å². The predicted octanol–water partition coefficient (Wildman–Crippen LogP) is 4.15. The van der Waals surface area contributed by atoms with Crippen molar-refractivity contribution < 1.29 is 19.0 Å². The molecular formula is C20H22BrNO4. The maximum Gasteiger partial charge on any atom is 0.235 e. The lowest BCUT2D eigenvalue weighted by Crippen LogP contribution is -2.44. The molecule has 6 heteroatoms. The second-order valence-corrected chi connectivity index (χ2v) is 7.14. The van der Waals surface area contributed by atoms with Gasteiger partial charge in [0.05, 0.1) is 19.6 Å². The fourth-order valence-corrected chi connectivity index (χ4v) is 3.56. The van der Waals surface area contributed by atoms with E-state index in [1.807, 2.05) is 30.3 Å². The number of hydrogen-bond donors (Lipinski definition) is 1. The van der Waals surface area contributed by atoms with E-state index in [2.05, 4.69) is 21.2 Å². The number of anilines is 1. The molecule has 0 saturated carbocycles. The van der Waals surface area contributed by atoms with Gasteiger partial charge in [-0.25, -0.2) is 0 Å². The molecule has 138 valence electrons. The summed E-state index contributed by atoms with van der Waals surface area (Å²) in [5.74, 6) is 1.17. The molecule has 0 radical (unpaired) electrons. The number of amides is 1. The fraction of sp³-hybridized carbons (Fsp3) is 0.350. The summed E-state index contributed by atoms with van der Waals surface area (Å²) in [4.78, 5) is 13.3. The van der Waals surface area contributed by atoms with E-state index in [-0.39, 0.29) is 5.91 Å². The van der Waals surface area contributed by atoms with Crippen LogP contribution in [0.1, 0.15) is 18.4 Å². The highest BCUT2D eigenvalue weighted by molar-refractivity contribution is 9.10. The van der Waals surface area contributed by atoms with Crippen LogP contribution in [0.25, 0.3) is 0 Å². The van der Waals surface area contributed by atoms with E-state index in [1.54, 1.807) is 26.4 Å². The van der Waals surface area contributed by atoms with Crippen LogP contribution in [-0.4, -0.2) is 33.3 Å². The normalized spacial score (nSPS) is 16.0. The Kier molecular flexibility index (Phi) is 5.84. The maximum atomic E-state index is 13.3. The Bertz CT molecular complexity index is 770. The van der Waals surface area contributed by atoms with Crippen molar-refractivity contribution in [1.29, 1.82) is 0 Å². The van der Waals surface area contributed by atoms with Gasteiger partial charge in [-0.3, -0.25) is 4.79 Å². The largest absolute Gasteiger partial charge is 0.493 e. The zero-order chi connectivity index (χ0) is 18.6. The van der Waals surface area contributed by atoms with Crippen molar-refractivity contribution in [3.63, 3.8) is 0 Å². The van der Waals surface area contributed by atoms with Gasteiger partial charge >= 0.3 is 0 Å². The summed E-state index contributed by atoms with van der Waals surface area (Å²) in [5, 5.41) is 3.05. The van der Waals surface area contributed by atoms with E-state index in [0.717, 1.165) is 10.0 Å². The molecule has 1 fully saturated rings. The van der Waals surface area contributed by atoms with Gasteiger partial charge in [0, 0.05) is 29.4 Å². The molecule has 1 aliphatic heterocycles. The number of benzene rings is 2. The summed E-state index contributed by atoms with van der Waals surface area (Å²) < 4.78 is 17.1. The van der Waals surface area contributed by atoms with Crippen molar-refractivity contribution in [3.8, 4) is 11.5 Å². The Morgan fingerprint density at radius 3 is 2.31 bits per heavy atom. The van der Waals surface area contributed by atoms with E-state index in [9.17, 15) is 4.79 Å². The van der Waals surface area contributed by atoms with Crippen LogP contribution < -0.4 is 14.8 Å². The second kappa shape index (κ2) is 8.10. The highest BCUT2D eigenvalue weighted by Crippen LogP contribution is 2.37. The van der Waals surface area contributed by atoms with Gasteiger partial charge in [0.15, 0.2) is 11.5 Å². The summed E-state index contributed by atoms with van der Waals surface area (Å²) >= 11 is 3.46. The molecule has 1 N–H and O–H groups in total. The van der Waals surface area contributed by atoms with Crippen molar-refractivity contribution in [2.45, 2.75) is 18.3 Å². The third kappa shape index (κ3) is 3.71. The van der Waals surface area contributed by atoms with Gasteiger partial charge < -0.3 is 19.5 Å². The highest BCUT2D eigenvalue weighted by atomic mass is 79.9. The molecule has 26 heavy (non-hydrogen) atoms. The summed E-state index contributed by atoms with van der Waals surface area (Å²) in [5.41, 5.74) is 1.07. The first-order valence-corrected chi connectivity index (χ1v) is 9.25. The average molecular weight is 420 g/mol. The predicted molar refractivity (Wildman–Crippen MR) is 104 cm³/mol. The van der Waals surface area contributed by atoms with E-state index in [4.69, 9.17) is 14.2 Å². The molecule has 5 nitrogen and oxygen atoms in total. The first kappa shape index (κ1) is 18.7. The maximum absolute atomic E-state index is 13.3. The van der Waals surface area contributed by atoms with Crippen molar-refractivity contribution >= 4 is 27.5 Å². The Morgan fingerprint density at radius 1 is 1.04 bits per heavy atom. The molecule has 0 aliphatic carbocycles. The number of carbonyl (C=O) groups excluding carboxylic acids is 1. The minimum Gasteiger partial charge on any atom is -0.493 e. The van der Waals surface area contributed by atoms with Crippen LogP contribution in [0.3, 0.4) is 0 Å². The van der Waals surface area contributed by atoms with Gasteiger partial charge in [0.2, 0.25) is 5.91 Å². The Morgan fingerprint density at radius 2 is 1.69 bits per heavy atom. The summed E-state index contributed by atoms with van der Waals surface area (Å²) in [6.45, 7) is 1.13. The lowest BCUT2D eigenvalue weighted by molar-refractivity contribution is -0.125. The summed E-state index contributed by atoms with van der Waals surface area (Å²) in [6, 6.07) is 13.3. The molecule has 0 aromatic heterocycles. The number of methoxy groups -OCH3 is 2. The molecule has 1 heterocycles. The van der Waals surface area contributed by atoms with E-state index in [1.165, 1.54) is 0 Å². The third-order valence-corrected chi connectivity index (χ3v) is 5.35. The Hall–Kier alpha value is -2.05. The molecule has 0 spiro atoms. The zero-order valence-corrected chi connectivity index (χ0v) is 16.5. The van der Waals surface area contributed by atoms with Crippen molar-refractivity contribution in [2.75, 3.05) is 32.8 Å². The molecule has 0 unspecified atom stereocenters. The third-order valence-electron chi connectivity index (χ3n) is 4.82. The Labute approximate surface area is 161 Å². The lowest BCUT2D eigenvalue weighted by Gasteiger charge is -2.36. The number of hydrogen-bond acceptors (Lipinski definition) is 4. The van der Waals surface area contributed by atoms with Crippen LogP contribution in [0.5, 0.6) is 11.5 Å². The molecule has 3 rings (SSSR count). The number of halogens is 1. The molecule has 0 bridgehead atoms. The van der Waals surface area contributed by atoms with Crippen LogP contribution in [0, 0.1) is 0 Å². The first-order valence-electron chi connectivity index (χ1n) is 8.46. The number of ether oxygens (including phenoxy) is 3. The SMILES string of the molecule is COc1ccc(NC(=O)C2(c3ccc(Br)cc3)CCOCC2)cc1OC. The van der Waals surface area contributed by atoms with Crippen molar-refractivity contribution in [1.82, 2.24) is 0 Å². The van der Waals surface area contributed by atoms with Crippen LogP contribution >= 0.6 is 15.9 Å². The number of nitrogens with one attached hydrogen (secondary N) is 1. The average Bonchev–Trinajstić information content (AvgIpc) is 2.68. The fourth-order valence-electron chi connectivity index (χ4n) is 3.30. The van der Waals surface area contributed by atoms with Gasteiger partial charge in [0.1, 0.15) is 0 Å². The molecular weight excluding hydrogens is 398 g/mol. The zero-order valence-electron chi connectivity index (χ0n) is 14.9. The highest BCUT2D eigenvalue weighted by Gasteiger charge is 2.41. The lowest BCUT2D eigenvalue weighted by atomic mass is 9.73. The standard InChI is InChI=1S/C20H22BrNO4/c1-24-17-8-7-16(13-18(17)25-2)22-19(23)20(9-11-26-12-10-20)14-3-5-15(21)6-4-14/h3-8,13H,9-12H2,1-2H3,(H,22,23). The van der Waals surface area contributed by atoms with Gasteiger partial charge in [0.25, 0.3) is 0 Å². The van der Waals surface area contributed by atoms with Gasteiger partial charge in [-0.1, -0.05) is 28.1 Å². The number of rotatable bonds is 5.